The first-order valence-electron chi connectivity index (χ1n) is 6.56. The maximum absolute atomic E-state index is 12.2. The van der Waals surface area contributed by atoms with E-state index in [-0.39, 0.29) is 24.1 Å². The van der Waals surface area contributed by atoms with Gasteiger partial charge >= 0.3 is 0 Å². The number of aromatic hydroxyl groups is 1. The molecular formula is C14H13N5O2S. The lowest BCUT2D eigenvalue weighted by molar-refractivity contribution is -0.116. The van der Waals surface area contributed by atoms with Crippen molar-refractivity contribution >= 4 is 22.9 Å². The topological polar surface area (TPSA) is 92.9 Å². The number of carbonyl (C=O) groups excluding carboxylic acids is 1. The van der Waals surface area contributed by atoms with Crippen LogP contribution in [0.2, 0.25) is 0 Å². The maximum atomic E-state index is 12.2. The van der Waals surface area contributed by atoms with Crippen molar-refractivity contribution in [2.24, 2.45) is 0 Å². The predicted molar refractivity (Wildman–Crippen MR) is 81.6 cm³/mol. The third kappa shape index (κ3) is 3.29. The molecule has 0 aliphatic heterocycles. The lowest BCUT2D eigenvalue weighted by atomic mass is 10.1. The van der Waals surface area contributed by atoms with Gasteiger partial charge < -0.3 is 10.4 Å². The summed E-state index contributed by atoms with van der Waals surface area (Å²) in [4.78, 5) is 12.2. The van der Waals surface area contributed by atoms with E-state index in [9.17, 15) is 9.90 Å². The molecule has 0 saturated carbocycles. The minimum absolute atomic E-state index is 0.155. The van der Waals surface area contributed by atoms with Crippen molar-refractivity contribution in [2.45, 2.75) is 12.5 Å². The van der Waals surface area contributed by atoms with Crippen molar-refractivity contribution in [1.29, 1.82) is 0 Å². The summed E-state index contributed by atoms with van der Waals surface area (Å²) in [6.45, 7) is 0. The molecule has 112 valence electrons. The third-order valence-corrected chi connectivity index (χ3v) is 3.84. The van der Waals surface area contributed by atoms with Crippen molar-refractivity contribution in [3.63, 3.8) is 0 Å². The smallest absolute Gasteiger partial charge is 0.226 e. The molecule has 0 fully saturated rings. The molecule has 8 heteroatoms. The maximum Gasteiger partial charge on any atom is 0.226 e. The highest BCUT2D eigenvalue weighted by Crippen LogP contribution is 2.24. The van der Waals surface area contributed by atoms with Crippen molar-refractivity contribution in [1.82, 2.24) is 20.2 Å². The number of hydrogen-bond donors (Lipinski definition) is 2. The van der Waals surface area contributed by atoms with Crippen LogP contribution in [0.5, 0.6) is 5.75 Å². The molecule has 1 atom stereocenters. The Morgan fingerprint density at radius 1 is 1.32 bits per heavy atom. The van der Waals surface area contributed by atoms with E-state index in [1.165, 1.54) is 18.5 Å². The van der Waals surface area contributed by atoms with Gasteiger partial charge in [-0.05, 0) is 57.1 Å². The predicted octanol–water partition coefficient (Wildman–Crippen LogP) is 2.06. The Balaban J connectivity index is 1.73. The Labute approximate surface area is 130 Å². The monoisotopic (exact) mass is 315 g/mol. The highest BCUT2D eigenvalue weighted by atomic mass is 32.1. The van der Waals surface area contributed by atoms with E-state index in [2.05, 4.69) is 20.8 Å². The molecule has 0 aliphatic carbocycles. The molecule has 2 aromatic heterocycles. The first-order chi connectivity index (χ1) is 10.7. The highest BCUT2D eigenvalue weighted by molar-refractivity contribution is 7.08. The number of carbonyl (C=O) groups is 1. The molecule has 1 amide bonds. The fraction of sp³-hybridized carbons (Fsp3) is 0.143. The Morgan fingerprint density at radius 3 is 2.77 bits per heavy atom. The molecule has 0 spiro atoms. The number of anilines is 1. The molecule has 0 radical (unpaired) electrons. The summed E-state index contributed by atoms with van der Waals surface area (Å²) in [6.07, 6.45) is 1.71. The fourth-order valence-corrected chi connectivity index (χ4v) is 2.78. The molecule has 7 nitrogen and oxygen atoms in total. The second-order valence-corrected chi connectivity index (χ2v) is 5.44. The lowest BCUT2D eigenvalue weighted by Crippen LogP contribution is -2.20. The molecule has 0 saturated heterocycles. The summed E-state index contributed by atoms with van der Waals surface area (Å²) in [5, 5.41) is 27.1. The van der Waals surface area contributed by atoms with Crippen molar-refractivity contribution in [3.05, 3.63) is 53.0 Å². The first kappa shape index (κ1) is 14.2. The Morgan fingerprint density at radius 2 is 2.14 bits per heavy atom. The van der Waals surface area contributed by atoms with Crippen LogP contribution in [0.3, 0.4) is 0 Å². The van der Waals surface area contributed by atoms with Crippen molar-refractivity contribution < 1.29 is 9.90 Å². The van der Waals surface area contributed by atoms with Crippen LogP contribution >= 0.6 is 11.3 Å². The minimum Gasteiger partial charge on any atom is -0.508 e. The van der Waals surface area contributed by atoms with Gasteiger partial charge in [-0.15, -0.1) is 5.10 Å². The standard InChI is InChI=1S/C14H13N5O2S/c20-12-3-1-11(2-4-12)16-14(21)7-13(10-5-6-22-8-10)19-9-15-17-18-19/h1-6,8-9,13,20H,7H2,(H,16,21). The second kappa shape index (κ2) is 6.35. The number of tetrazole rings is 1. The van der Waals surface area contributed by atoms with Gasteiger partial charge in [0.15, 0.2) is 0 Å². The number of thiophene rings is 1. The number of phenolic OH excluding ortho intramolecular Hbond substituents is 1. The molecule has 0 aliphatic rings. The summed E-state index contributed by atoms with van der Waals surface area (Å²) < 4.78 is 1.57. The average molecular weight is 315 g/mol. The van der Waals surface area contributed by atoms with Gasteiger partial charge in [0, 0.05) is 5.69 Å². The van der Waals surface area contributed by atoms with Crippen LogP contribution in [-0.2, 0) is 4.79 Å². The van der Waals surface area contributed by atoms with E-state index < -0.39 is 0 Å². The van der Waals surface area contributed by atoms with Crippen LogP contribution in [0.25, 0.3) is 0 Å². The largest absolute Gasteiger partial charge is 0.508 e. The zero-order chi connectivity index (χ0) is 15.4. The van der Waals surface area contributed by atoms with E-state index in [0.717, 1.165) is 5.56 Å². The summed E-state index contributed by atoms with van der Waals surface area (Å²) in [6, 6.07) is 8.03. The van der Waals surface area contributed by atoms with E-state index in [1.54, 1.807) is 28.2 Å². The van der Waals surface area contributed by atoms with Crippen LogP contribution in [-0.4, -0.2) is 31.2 Å². The first-order valence-corrected chi connectivity index (χ1v) is 7.50. The second-order valence-electron chi connectivity index (χ2n) is 4.66. The molecule has 1 unspecified atom stereocenters. The number of hydrogen-bond acceptors (Lipinski definition) is 6. The number of nitrogens with one attached hydrogen (secondary N) is 1. The van der Waals surface area contributed by atoms with Gasteiger partial charge in [-0.2, -0.15) is 11.3 Å². The van der Waals surface area contributed by atoms with Crippen LogP contribution < -0.4 is 5.32 Å². The van der Waals surface area contributed by atoms with E-state index in [0.29, 0.717) is 5.69 Å². The summed E-state index contributed by atoms with van der Waals surface area (Å²) in [7, 11) is 0. The van der Waals surface area contributed by atoms with Gasteiger partial charge in [0.2, 0.25) is 5.91 Å². The highest BCUT2D eigenvalue weighted by Gasteiger charge is 2.19. The van der Waals surface area contributed by atoms with Gasteiger partial charge in [0.05, 0.1) is 12.5 Å². The molecule has 1 aromatic carbocycles. The molecule has 3 aromatic rings. The molecule has 2 N–H and O–H groups in total. The summed E-state index contributed by atoms with van der Waals surface area (Å²) >= 11 is 1.56. The summed E-state index contributed by atoms with van der Waals surface area (Å²) in [5.41, 5.74) is 1.61. The zero-order valence-electron chi connectivity index (χ0n) is 11.5. The van der Waals surface area contributed by atoms with Crippen LogP contribution in [0, 0.1) is 0 Å². The number of nitrogens with zero attached hydrogens (tertiary/aromatic N) is 4. The number of aromatic nitrogens is 4. The van der Waals surface area contributed by atoms with Gasteiger partial charge in [-0.25, -0.2) is 4.68 Å². The molecular weight excluding hydrogens is 302 g/mol. The molecule has 0 bridgehead atoms. The Bertz CT molecular complexity index is 691. The van der Waals surface area contributed by atoms with Gasteiger partial charge in [-0.3, -0.25) is 4.79 Å². The van der Waals surface area contributed by atoms with Gasteiger partial charge in [-0.1, -0.05) is 0 Å². The third-order valence-electron chi connectivity index (χ3n) is 3.14. The minimum atomic E-state index is -0.252. The molecule has 22 heavy (non-hydrogen) atoms. The van der Waals surface area contributed by atoms with Crippen molar-refractivity contribution in [3.8, 4) is 5.75 Å². The van der Waals surface area contributed by atoms with Gasteiger partial charge in [0.25, 0.3) is 0 Å². The van der Waals surface area contributed by atoms with E-state index >= 15 is 0 Å². The fourth-order valence-electron chi connectivity index (χ4n) is 2.07. The lowest BCUT2D eigenvalue weighted by Gasteiger charge is -2.15. The quantitative estimate of drug-likeness (QED) is 0.703. The van der Waals surface area contributed by atoms with Crippen LogP contribution in [0.15, 0.2) is 47.4 Å². The van der Waals surface area contributed by atoms with E-state index in [4.69, 9.17) is 0 Å². The SMILES string of the molecule is O=C(CC(c1ccsc1)n1cnnn1)Nc1ccc(O)cc1. The van der Waals surface area contributed by atoms with E-state index in [1.807, 2.05) is 16.8 Å². The normalized spacial score (nSPS) is 12.0. The number of benzene rings is 1. The number of amides is 1. The van der Waals surface area contributed by atoms with Crippen LogP contribution in [0.1, 0.15) is 18.0 Å². The Kier molecular flexibility index (Phi) is 4.10. The molecule has 2 heterocycles. The Hall–Kier alpha value is -2.74. The summed E-state index contributed by atoms with van der Waals surface area (Å²) in [5.74, 6) is 0.000211. The number of rotatable bonds is 5. The average Bonchev–Trinajstić information content (AvgIpc) is 3.21. The van der Waals surface area contributed by atoms with Crippen molar-refractivity contribution in [2.75, 3.05) is 5.32 Å². The number of phenols is 1. The zero-order valence-corrected chi connectivity index (χ0v) is 12.3. The van der Waals surface area contributed by atoms with Gasteiger partial charge in [0.1, 0.15) is 12.1 Å². The van der Waals surface area contributed by atoms with Crippen LogP contribution in [0.4, 0.5) is 5.69 Å². The molecule has 3 rings (SSSR count).